The molecule has 2 aromatic rings. The molecule has 0 aliphatic carbocycles. The summed E-state index contributed by atoms with van der Waals surface area (Å²) in [5.74, 6) is -0.176. The van der Waals surface area contributed by atoms with E-state index in [1.54, 1.807) is 17.4 Å². The number of halogens is 2. The Balaban J connectivity index is 1.78. The Kier molecular flexibility index (Phi) is 4.75. The van der Waals surface area contributed by atoms with Crippen molar-refractivity contribution >= 4 is 22.9 Å². The first-order valence-electron chi connectivity index (χ1n) is 5.85. The van der Waals surface area contributed by atoms with E-state index in [0.29, 0.717) is 0 Å². The third kappa shape index (κ3) is 3.80. The van der Waals surface area contributed by atoms with Crippen LogP contribution in [0.2, 0.25) is 4.34 Å². The minimum Gasteiger partial charge on any atom is -0.312 e. The Labute approximate surface area is 116 Å². The van der Waals surface area contributed by atoms with Crippen LogP contribution in [0.5, 0.6) is 0 Å². The lowest BCUT2D eigenvalue weighted by Crippen LogP contribution is -2.16. The van der Waals surface area contributed by atoms with Gasteiger partial charge in [-0.1, -0.05) is 17.7 Å². The first kappa shape index (κ1) is 13.5. The third-order valence-electron chi connectivity index (χ3n) is 2.80. The molecule has 0 amide bonds. The molecular formula is C14H15ClFNS. The standard InChI is InChI=1S/C14H15ClFNS/c1-10-8-12(16)3-2-11(10)9-17-7-6-13-4-5-14(15)18-13/h2-5,8,17H,6-7,9H2,1H3. The van der Waals surface area contributed by atoms with Gasteiger partial charge in [-0.25, -0.2) is 4.39 Å². The maximum absolute atomic E-state index is 12.9. The third-order valence-corrected chi connectivity index (χ3v) is 4.09. The van der Waals surface area contributed by atoms with Gasteiger partial charge in [-0.3, -0.25) is 0 Å². The number of aryl methyl sites for hydroxylation is 1. The molecule has 0 bridgehead atoms. The van der Waals surface area contributed by atoms with Gasteiger partial charge in [0.1, 0.15) is 5.82 Å². The van der Waals surface area contributed by atoms with Crippen molar-refractivity contribution in [3.8, 4) is 0 Å². The Morgan fingerprint density at radius 2 is 2.11 bits per heavy atom. The molecule has 0 spiro atoms. The van der Waals surface area contributed by atoms with E-state index in [0.717, 1.165) is 35.0 Å². The van der Waals surface area contributed by atoms with Crippen LogP contribution in [0.15, 0.2) is 30.3 Å². The van der Waals surface area contributed by atoms with E-state index < -0.39 is 0 Å². The van der Waals surface area contributed by atoms with Crippen LogP contribution >= 0.6 is 22.9 Å². The summed E-state index contributed by atoms with van der Waals surface area (Å²) < 4.78 is 13.8. The summed E-state index contributed by atoms with van der Waals surface area (Å²) in [6, 6.07) is 8.88. The molecule has 0 unspecified atom stereocenters. The highest BCUT2D eigenvalue weighted by Crippen LogP contribution is 2.21. The van der Waals surface area contributed by atoms with Crippen molar-refractivity contribution in [3.63, 3.8) is 0 Å². The molecule has 0 aliphatic rings. The highest BCUT2D eigenvalue weighted by Gasteiger charge is 2.01. The van der Waals surface area contributed by atoms with Crippen molar-refractivity contribution in [3.05, 3.63) is 56.5 Å². The summed E-state index contributed by atoms with van der Waals surface area (Å²) in [6.07, 6.45) is 0.970. The van der Waals surface area contributed by atoms with E-state index in [1.807, 2.05) is 19.1 Å². The first-order valence-corrected chi connectivity index (χ1v) is 7.04. The van der Waals surface area contributed by atoms with Crippen LogP contribution < -0.4 is 5.32 Å². The van der Waals surface area contributed by atoms with Crippen molar-refractivity contribution in [2.45, 2.75) is 19.9 Å². The van der Waals surface area contributed by atoms with E-state index in [-0.39, 0.29) is 5.82 Å². The zero-order valence-electron chi connectivity index (χ0n) is 10.2. The minimum absolute atomic E-state index is 0.176. The van der Waals surface area contributed by atoms with Gasteiger partial charge in [0.15, 0.2) is 0 Å². The largest absolute Gasteiger partial charge is 0.312 e. The van der Waals surface area contributed by atoms with Crippen LogP contribution in [-0.4, -0.2) is 6.54 Å². The molecule has 0 fully saturated rings. The molecule has 0 saturated carbocycles. The summed E-state index contributed by atoms with van der Waals surface area (Å²) in [6.45, 7) is 3.60. The molecule has 0 atom stereocenters. The van der Waals surface area contributed by atoms with Crippen LogP contribution in [0.4, 0.5) is 4.39 Å². The predicted octanol–water partition coefficient (Wildman–Crippen LogP) is 4.18. The Morgan fingerprint density at radius 3 is 2.78 bits per heavy atom. The molecule has 1 nitrogen and oxygen atoms in total. The van der Waals surface area contributed by atoms with Gasteiger partial charge in [0.05, 0.1) is 4.34 Å². The molecular weight excluding hydrogens is 269 g/mol. The molecule has 1 heterocycles. The summed E-state index contributed by atoms with van der Waals surface area (Å²) >= 11 is 7.48. The van der Waals surface area contributed by atoms with Crippen molar-refractivity contribution in [2.24, 2.45) is 0 Å². The molecule has 4 heteroatoms. The number of thiophene rings is 1. The Hall–Kier alpha value is -0.900. The van der Waals surface area contributed by atoms with Crippen molar-refractivity contribution in [2.75, 3.05) is 6.54 Å². The molecule has 18 heavy (non-hydrogen) atoms. The minimum atomic E-state index is -0.176. The summed E-state index contributed by atoms with van der Waals surface area (Å²) in [5.41, 5.74) is 2.13. The molecule has 96 valence electrons. The number of hydrogen-bond acceptors (Lipinski definition) is 2. The van der Waals surface area contributed by atoms with Gasteiger partial charge in [0.2, 0.25) is 0 Å². The van der Waals surface area contributed by atoms with Crippen LogP contribution in [0.25, 0.3) is 0 Å². The van der Waals surface area contributed by atoms with Gasteiger partial charge in [-0.2, -0.15) is 0 Å². The number of hydrogen-bond donors (Lipinski definition) is 1. The van der Waals surface area contributed by atoms with Gasteiger partial charge >= 0.3 is 0 Å². The topological polar surface area (TPSA) is 12.0 Å². The quantitative estimate of drug-likeness (QED) is 0.812. The second-order valence-electron chi connectivity index (χ2n) is 4.20. The molecule has 0 aliphatic heterocycles. The molecule has 1 aromatic carbocycles. The highest BCUT2D eigenvalue weighted by atomic mass is 35.5. The van der Waals surface area contributed by atoms with Gasteiger partial charge in [-0.05, 0) is 48.7 Å². The smallest absolute Gasteiger partial charge is 0.123 e. The predicted molar refractivity (Wildman–Crippen MR) is 75.9 cm³/mol. The van der Waals surface area contributed by atoms with E-state index in [1.165, 1.54) is 10.9 Å². The van der Waals surface area contributed by atoms with Crippen molar-refractivity contribution in [1.82, 2.24) is 5.32 Å². The average Bonchev–Trinajstić information content (AvgIpc) is 2.73. The van der Waals surface area contributed by atoms with E-state index in [4.69, 9.17) is 11.6 Å². The zero-order chi connectivity index (χ0) is 13.0. The van der Waals surface area contributed by atoms with Crippen LogP contribution in [0.3, 0.4) is 0 Å². The second kappa shape index (κ2) is 6.32. The Bertz CT molecular complexity index is 524. The zero-order valence-corrected chi connectivity index (χ0v) is 11.7. The lowest BCUT2D eigenvalue weighted by molar-refractivity contribution is 0.623. The van der Waals surface area contributed by atoms with Crippen molar-refractivity contribution < 1.29 is 4.39 Å². The number of benzene rings is 1. The van der Waals surface area contributed by atoms with Crippen LogP contribution in [0.1, 0.15) is 16.0 Å². The van der Waals surface area contributed by atoms with E-state index in [9.17, 15) is 4.39 Å². The van der Waals surface area contributed by atoms with E-state index in [2.05, 4.69) is 11.4 Å². The molecule has 1 N–H and O–H groups in total. The second-order valence-corrected chi connectivity index (χ2v) is 6.00. The average molecular weight is 284 g/mol. The monoisotopic (exact) mass is 283 g/mol. The first-order chi connectivity index (χ1) is 8.65. The fourth-order valence-electron chi connectivity index (χ4n) is 1.78. The maximum atomic E-state index is 12.9. The van der Waals surface area contributed by atoms with Gasteiger partial charge in [-0.15, -0.1) is 11.3 Å². The van der Waals surface area contributed by atoms with Crippen LogP contribution in [0, 0.1) is 12.7 Å². The molecule has 1 aromatic heterocycles. The fraction of sp³-hybridized carbons (Fsp3) is 0.286. The van der Waals surface area contributed by atoms with Crippen molar-refractivity contribution in [1.29, 1.82) is 0 Å². The lowest BCUT2D eigenvalue weighted by Gasteiger charge is -2.07. The number of rotatable bonds is 5. The maximum Gasteiger partial charge on any atom is 0.123 e. The van der Waals surface area contributed by atoms with Gasteiger partial charge in [0.25, 0.3) is 0 Å². The molecule has 0 saturated heterocycles. The summed E-state index contributed by atoms with van der Waals surface area (Å²) in [4.78, 5) is 1.28. The highest BCUT2D eigenvalue weighted by molar-refractivity contribution is 7.16. The van der Waals surface area contributed by atoms with Gasteiger partial charge in [0, 0.05) is 18.0 Å². The SMILES string of the molecule is Cc1cc(F)ccc1CNCCc1ccc(Cl)s1. The molecule has 0 radical (unpaired) electrons. The lowest BCUT2D eigenvalue weighted by atomic mass is 10.1. The molecule has 2 rings (SSSR count). The summed E-state index contributed by atoms with van der Waals surface area (Å²) in [7, 11) is 0. The summed E-state index contributed by atoms with van der Waals surface area (Å²) in [5, 5.41) is 3.36. The fourth-order valence-corrected chi connectivity index (χ4v) is 2.87. The number of nitrogens with one attached hydrogen (secondary N) is 1. The van der Waals surface area contributed by atoms with Crippen LogP contribution in [-0.2, 0) is 13.0 Å². The Morgan fingerprint density at radius 1 is 1.28 bits per heavy atom. The van der Waals surface area contributed by atoms with Gasteiger partial charge < -0.3 is 5.32 Å². The normalized spacial score (nSPS) is 10.8. The van der Waals surface area contributed by atoms with E-state index >= 15 is 0 Å².